The summed E-state index contributed by atoms with van der Waals surface area (Å²) in [4.78, 5) is 51.2. The SMILES string of the molecule is CN1CCN(C2CCN(C(=O)C(Cc3cc(Cl)c4[nH]ncc4c3)OC(=O)N3CCC(N4CCc5ccccc5NC4=O)CC3)CC2)CC1. The van der Waals surface area contributed by atoms with Crippen LogP contribution in [-0.4, -0.2) is 137 Å². The molecule has 5 heterocycles. The lowest BCUT2D eigenvalue weighted by Crippen LogP contribution is -2.54. The number of hydrogen-bond acceptors (Lipinski definition) is 7. The van der Waals surface area contributed by atoms with Crippen molar-refractivity contribution >= 4 is 46.2 Å². The van der Waals surface area contributed by atoms with E-state index in [9.17, 15) is 14.4 Å². The normalized spacial score (nSPS) is 21.1. The van der Waals surface area contributed by atoms with Crippen LogP contribution in [0, 0.1) is 0 Å². The van der Waals surface area contributed by atoms with Crippen LogP contribution in [0.25, 0.3) is 10.9 Å². The second-order valence-electron chi connectivity index (χ2n) is 13.6. The maximum Gasteiger partial charge on any atom is 0.410 e. The highest BCUT2D eigenvalue weighted by Gasteiger charge is 2.36. The van der Waals surface area contributed by atoms with Crippen molar-refractivity contribution in [2.24, 2.45) is 0 Å². The molecule has 0 bridgehead atoms. The van der Waals surface area contributed by atoms with E-state index in [2.05, 4.69) is 32.4 Å². The highest BCUT2D eigenvalue weighted by molar-refractivity contribution is 6.35. The summed E-state index contributed by atoms with van der Waals surface area (Å²) in [5.74, 6) is -0.167. The number of rotatable bonds is 6. The number of nitrogens with one attached hydrogen (secondary N) is 2. The van der Waals surface area contributed by atoms with Crippen molar-refractivity contribution in [3.05, 3.63) is 58.7 Å². The summed E-state index contributed by atoms with van der Waals surface area (Å²) in [5, 5.41) is 11.4. The first kappa shape index (κ1) is 32.7. The van der Waals surface area contributed by atoms with E-state index in [0.717, 1.165) is 73.2 Å². The van der Waals surface area contributed by atoms with Crippen LogP contribution in [0.3, 0.4) is 0 Å². The first-order chi connectivity index (χ1) is 23.3. The molecule has 3 aromatic rings. The number of carbonyl (C=O) groups is 3. The van der Waals surface area contributed by atoms with Crippen molar-refractivity contribution in [2.75, 3.05) is 71.3 Å². The summed E-state index contributed by atoms with van der Waals surface area (Å²) < 4.78 is 6.08. The lowest BCUT2D eigenvalue weighted by atomic mass is 10.00. The van der Waals surface area contributed by atoms with E-state index in [-0.39, 0.29) is 24.4 Å². The molecule has 2 aromatic carbocycles. The van der Waals surface area contributed by atoms with Gasteiger partial charge >= 0.3 is 12.1 Å². The van der Waals surface area contributed by atoms with E-state index in [1.807, 2.05) is 46.2 Å². The molecular formula is C35H45ClN8O4. The molecule has 4 amide bonds. The van der Waals surface area contributed by atoms with Crippen LogP contribution < -0.4 is 5.32 Å². The fourth-order valence-electron chi connectivity index (χ4n) is 7.72. The number of nitrogens with zero attached hydrogens (tertiary/aromatic N) is 6. The maximum atomic E-state index is 14.1. The Kier molecular flexibility index (Phi) is 9.74. The van der Waals surface area contributed by atoms with Crippen LogP contribution in [0.5, 0.6) is 0 Å². The Balaban J connectivity index is 0.996. The fourth-order valence-corrected chi connectivity index (χ4v) is 8.01. The summed E-state index contributed by atoms with van der Waals surface area (Å²) in [6.45, 7) is 7.04. The Morgan fingerprint density at radius 2 is 1.65 bits per heavy atom. The lowest BCUT2D eigenvalue weighted by Gasteiger charge is -2.42. The molecule has 1 aromatic heterocycles. The topological polar surface area (TPSA) is 117 Å². The second kappa shape index (κ2) is 14.3. The summed E-state index contributed by atoms with van der Waals surface area (Å²) in [5.41, 5.74) is 3.52. The highest BCUT2D eigenvalue weighted by Crippen LogP contribution is 2.28. The van der Waals surface area contributed by atoms with Crippen LogP contribution >= 0.6 is 11.6 Å². The number of aromatic amines is 1. The number of piperidine rings is 2. The van der Waals surface area contributed by atoms with Gasteiger partial charge in [-0.25, -0.2) is 9.59 Å². The van der Waals surface area contributed by atoms with Crippen LogP contribution in [0.15, 0.2) is 42.6 Å². The number of fused-ring (bicyclic) bond motifs is 2. The molecule has 13 heteroatoms. The molecule has 2 N–H and O–H groups in total. The zero-order valence-electron chi connectivity index (χ0n) is 27.6. The van der Waals surface area contributed by atoms with Gasteiger partial charge in [0.25, 0.3) is 5.91 Å². The van der Waals surface area contributed by atoms with E-state index in [4.69, 9.17) is 16.3 Å². The van der Waals surface area contributed by atoms with Crippen molar-refractivity contribution in [2.45, 2.75) is 56.7 Å². The van der Waals surface area contributed by atoms with E-state index < -0.39 is 12.2 Å². The number of halogens is 1. The van der Waals surface area contributed by atoms with Gasteiger partial charge in [-0.3, -0.25) is 14.8 Å². The third-order valence-electron chi connectivity index (χ3n) is 10.6. The first-order valence-electron chi connectivity index (χ1n) is 17.3. The number of amides is 4. The van der Waals surface area contributed by atoms with Crippen molar-refractivity contribution in [1.29, 1.82) is 0 Å². The Labute approximate surface area is 286 Å². The van der Waals surface area contributed by atoms with Crippen molar-refractivity contribution in [3.63, 3.8) is 0 Å². The van der Waals surface area contributed by atoms with Gasteiger partial charge in [0, 0.05) is 88.5 Å². The van der Waals surface area contributed by atoms with Gasteiger partial charge in [-0.2, -0.15) is 5.10 Å². The van der Waals surface area contributed by atoms with Crippen molar-refractivity contribution in [1.82, 2.24) is 34.7 Å². The summed E-state index contributed by atoms with van der Waals surface area (Å²) in [6, 6.07) is 12.0. The number of carbonyl (C=O) groups excluding carboxylic acids is 3. The number of benzene rings is 2. The van der Waals surface area contributed by atoms with Gasteiger partial charge in [0.2, 0.25) is 0 Å². The molecule has 0 spiro atoms. The minimum atomic E-state index is -0.981. The van der Waals surface area contributed by atoms with Crippen LogP contribution in [0.1, 0.15) is 36.8 Å². The van der Waals surface area contributed by atoms with Crippen LogP contribution in [-0.2, 0) is 22.4 Å². The van der Waals surface area contributed by atoms with Gasteiger partial charge < -0.3 is 29.7 Å². The van der Waals surface area contributed by atoms with Gasteiger partial charge in [-0.1, -0.05) is 29.8 Å². The van der Waals surface area contributed by atoms with Gasteiger partial charge in [0.1, 0.15) is 0 Å². The van der Waals surface area contributed by atoms with Crippen molar-refractivity contribution < 1.29 is 19.1 Å². The van der Waals surface area contributed by atoms with E-state index in [0.29, 0.717) is 56.6 Å². The molecule has 3 saturated heterocycles. The maximum absolute atomic E-state index is 14.1. The van der Waals surface area contributed by atoms with Crippen molar-refractivity contribution in [3.8, 4) is 0 Å². The van der Waals surface area contributed by atoms with Crippen LogP contribution in [0.4, 0.5) is 15.3 Å². The molecule has 4 aliphatic heterocycles. The molecule has 7 rings (SSSR count). The molecule has 0 aliphatic carbocycles. The Morgan fingerprint density at radius 1 is 0.938 bits per heavy atom. The number of H-pyrrole nitrogens is 1. The average molecular weight is 677 g/mol. The first-order valence-corrected chi connectivity index (χ1v) is 17.6. The summed E-state index contributed by atoms with van der Waals surface area (Å²) >= 11 is 6.54. The minimum absolute atomic E-state index is 0.0196. The molecule has 1 atom stereocenters. The number of likely N-dealkylation sites (tertiary alicyclic amines) is 2. The molecule has 48 heavy (non-hydrogen) atoms. The standard InChI is InChI=1S/C35H45ClN8O4/c1-40-16-18-41(19-17-40)27-7-11-42(12-8-27)33(45)31(22-24-20-26-23-37-39-32(26)29(36)21-24)48-35(47)43-13-9-28(10-14-43)44-15-6-25-4-2-3-5-30(25)38-34(44)46/h2-5,20-21,23,27-28,31H,6-19,22H2,1H3,(H,37,39)(H,38,46). The smallest absolute Gasteiger partial charge is 0.410 e. The monoisotopic (exact) mass is 676 g/mol. The van der Waals surface area contributed by atoms with E-state index >= 15 is 0 Å². The molecule has 0 saturated carbocycles. The molecule has 0 radical (unpaired) electrons. The Hall–Kier alpha value is -3.87. The number of piperazine rings is 1. The number of para-hydroxylation sites is 1. The Morgan fingerprint density at radius 3 is 2.42 bits per heavy atom. The number of likely N-dealkylation sites (N-methyl/N-ethyl adjacent to an activating group) is 1. The quantitative estimate of drug-likeness (QED) is 0.405. The zero-order chi connectivity index (χ0) is 33.2. The van der Waals surface area contributed by atoms with Gasteiger partial charge in [-0.15, -0.1) is 0 Å². The number of aromatic nitrogens is 2. The van der Waals surface area contributed by atoms with Gasteiger partial charge in [-0.05, 0) is 68.5 Å². The molecule has 1 unspecified atom stereocenters. The van der Waals surface area contributed by atoms with E-state index in [1.165, 1.54) is 0 Å². The average Bonchev–Trinajstić information content (AvgIpc) is 3.52. The van der Waals surface area contributed by atoms with Gasteiger partial charge in [0.15, 0.2) is 6.10 Å². The highest BCUT2D eigenvalue weighted by atomic mass is 35.5. The molecule has 4 aliphatic rings. The third kappa shape index (κ3) is 7.11. The largest absolute Gasteiger partial charge is 0.436 e. The number of ether oxygens (including phenoxy) is 1. The third-order valence-corrected chi connectivity index (χ3v) is 10.9. The predicted octanol–water partition coefficient (Wildman–Crippen LogP) is 4.06. The lowest BCUT2D eigenvalue weighted by molar-refractivity contribution is -0.142. The summed E-state index contributed by atoms with van der Waals surface area (Å²) in [7, 11) is 2.16. The number of urea groups is 1. The number of anilines is 1. The molecular weight excluding hydrogens is 632 g/mol. The fraction of sp³-hybridized carbons (Fsp3) is 0.543. The Bertz CT molecular complexity index is 1630. The molecule has 256 valence electrons. The number of hydrogen-bond donors (Lipinski definition) is 2. The zero-order valence-corrected chi connectivity index (χ0v) is 28.3. The summed E-state index contributed by atoms with van der Waals surface area (Å²) in [6.07, 6.45) is 4.32. The van der Waals surface area contributed by atoms with Crippen LogP contribution in [0.2, 0.25) is 5.02 Å². The minimum Gasteiger partial charge on any atom is -0.436 e. The second-order valence-corrected chi connectivity index (χ2v) is 14.0. The van der Waals surface area contributed by atoms with Gasteiger partial charge in [0.05, 0.1) is 16.7 Å². The molecule has 12 nitrogen and oxygen atoms in total. The molecule has 3 fully saturated rings. The van der Waals surface area contributed by atoms with E-state index in [1.54, 1.807) is 11.1 Å². The predicted molar refractivity (Wildman–Crippen MR) is 184 cm³/mol.